The number of carbonyl (C=O) groups excluding carboxylic acids is 1. The summed E-state index contributed by atoms with van der Waals surface area (Å²) in [7, 11) is 0. The van der Waals surface area contributed by atoms with Gasteiger partial charge in [-0.05, 0) is 37.3 Å². The molecule has 0 spiro atoms. The maximum atomic E-state index is 11.8. The molecule has 0 unspecified atom stereocenters. The molecule has 2 aliphatic rings. The van der Waals surface area contributed by atoms with Crippen LogP contribution in [0.2, 0.25) is 0 Å². The van der Waals surface area contributed by atoms with E-state index in [1.54, 1.807) is 10.8 Å². The number of aromatic nitrogens is 4. The van der Waals surface area contributed by atoms with E-state index >= 15 is 0 Å². The number of rotatable bonds is 4. The van der Waals surface area contributed by atoms with Crippen LogP contribution in [0.4, 0.5) is 10.6 Å². The van der Waals surface area contributed by atoms with Crippen LogP contribution in [-0.4, -0.2) is 51.6 Å². The zero-order chi connectivity index (χ0) is 15.6. The number of amides is 1. The fourth-order valence-electron chi connectivity index (χ4n) is 3.03. The van der Waals surface area contributed by atoms with Gasteiger partial charge in [-0.1, -0.05) is 6.42 Å². The van der Waals surface area contributed by atoms with E-state index in [0.717, 1.165) is 31.0 Å². The molecular formula is C15H20N6O2. The quantitative estimate of drug-likeness (QED) is 0.913. The first kappa shape index (κ1) is 14.2. The third-order valence-corrected chi connectivity index (χ3v) is 4.66. The number of hydrogen-bond acceptors (Lipinski definition) is 6. The first-order valence-corrected chi connectivity index (χ1v) is 8.13. The summed E-state index contributed by atoms with van der Waals surface area (Å²) in [6.07, 6.45) is 5.80. The molecule has 4 rings (SSSR count). The Balaban J connectivity index is 1.30. The average Bonchev–Trinajstić information content (AvgIpc) is 3.13. The van der Waals surface area contributed by atoms with E-state index in [1.807, 2.05) is 12.1 Å². The minimum Gasteiger partial charge on any atom is -0.449 e. The van der Waals surface area contributed by atoms with Gasteiger partial charge in [0.15, 0.2) is 5.65 Å². The highest BCUT2D eigenvalue weighted by Crippen LogP contribution is 2.26. The molecular weight excluding hydrogens is 296 g/mol. The molecule has 23 heavy (non-hydrogen) atoms. The SMILES string of the molecule is O=C(N[C@H]1CCN(c2ccc3nncn3n2)C1)OCC1CCC1. The first-order valence-electron chi connectivity index (χ1n) is 8.13. The Bertz CT molecular complexity index is 698. The van der Waals surface area contributed by atoms with Gasteiger partial charge in [0.2, 0.25) is 0 Å². The van der Waals surface area contributed by atoms with Gasteiger partial charge in [-0.15, -0.1) is 15.3 Å². The molecule has 0 aromatic carbocycles. The Morgan fingerprint density at radius 3 is 3.09 bits per heavy atom. The van der Waals surface area contributed by atoms with Crippen molar-refractivity contribution in [3.8, 4) is 0 Å². The standard InChI is InChI=1S/C15H20N6O2/c22-15(23-9-11-2-1-3-11)17-12-6-7-20(8-12)14-5-4-13-18-16-10-21(13)19-14/h4-5,10-12H,1-3,6-9H2,(H,17,22)/t12-/m0/s1. The van der Waals surface area contributed by atoms with Crippen LogP contribution < -0.4 is 10.2 Å². The Labute approximate surface area is 133 Å². The van der Waals surface area contributed by atoms with Crippen LogP contribution in [-0.2, 0) is 4.74 Å². The van der Waals surface area contributed by atoms with Gasteiger partial charge in [0, 0.05) is 13.1 Å². The molecule has 1 N–H and O–H groups in total. The summed E-state index contributed by atoms with van der Waals surface area (Å²) in [6, 6.07) is 3.92. The largest absolute Gasteiger partial charge is 0.449 e. The molecule has 1 aliphatic carbocycles. The highest BCUT2D eigenvalue weighted by Gasteiger charge is 2.26. The first-order chi connectivity index (χ1) is 11.3. The summed E-state index contributed by atoms with van der Waals surface area (Å²) in [5.74, 6) is 1.44. The summed E-state index contributed by atoms with van der Waals surface area (Å²) < 4.78 is 6.95. The minimum atomic E-state index is -0.300. The van der Waals surface area contributed by atoms with Gasteiger partial charge in [0.25, 0.3) is 0 Å². The van der Waals surface area contributed by atoms with E-state index in [1.165, 1.54) is 19.3 Å². The maximum Gasteiger partial charge on any atom is 0.407 e. The minimum absolute atomic E-state index is 0.0994. The summed E-state index contributed by atoms with van der Waals surface area (Å²) in [6.45, 7) is 2.14. The van der Waals surface area contributed by atoms with Gasteiger partial charge in [-0.2, -0.15) is 4.52 Å². The second-order valence-electron chi connectivity index (χ2n) is 6.30. The van der Waals surface area contributed by atoms with Crippen molar-refractivity contribution in [3.63, 3.8) is 0 Å². The van der Waals surface area contributed by atoms with E-state index in [2.05, 4.69) is 25.5 Å². The highest BCUT2D eigenvalue weighted by atomic mass is 16.5. The van der Waals surface area contributed by atoms with Gasteiger partial charge in [-0.3, -0.25) is 0 Å². The monoisotopic (exact) mass is 316 g/mol. The number of ether oxygens (including phenoxy) is 1. The van der Waals surface area contributed by atoms with Gasteiger partial charge < -0.3 is 15.0 Å². The summed E-state index contributed by atoms with van der Waals surface area (Å²) in [4.78, 5) is 14.0. The van der Waals surface area contributed by atoms with Crippen molar-refractivity contribution in [1.82, 2.24) is 25.1 Å². The van der Waals surface area contributed by atoms with Crippen molar-refractivity contribution in [1.29, 1.82) is 0 Å². The molecule has 122 valence electrons. The molecule has 2 fully saturated rings. The average molecular weight is 316 g/mol. The molecule has 2 aromatic heterocycles. The van der Waals surface area contributed by atoms with Crippen molar-refractivity contribution < 1.29 is 9.53 Å². The van der Waals surface area contributed by atoms with E-state index in [9.17, 15) is 4.79 Å². The van der Waals surface area contributed by atoms with Crippen molar-refractivity contribution in [2.24, 2.45) is 5.92 Å². The van der Waals surface area contributed by atoms with Crippen molar-refractivity contribution in [2.75, 3.05) is 24.6 Å². The van der Waals surface area contributed by atoms with Gasteiger partial charge in [-0.25, -0.2) is 4.79 Å². The van der Waals surface area contributed by atoms with Crippen LogP contribution in [0.1, 0.15) is 25.7 Å². The Hall–Kier alpha value is -2.38. The van der Waals surface area contributed by atoms with Crippen LogP contribution in [0.5, 0.6) is 0 Å². The molecule has 8 nitrogen and oxygen atoms in total. The third kappa shape index (κ3) is 3.06. The van der Waals surface area contributed by atoms with E-state index in [0.29, 0.717) is 12.5 Å². The summed E-state index contributed by atoms with van der Waals surface area (Å²) in [5, 5.41) is 15.2. The Morgan fingerprint density at radius 1 is 1.35 bits per heavy atom. The number of fused-ring (bicyclic) bond motifs is 1. The molecule has 2 aromatic rings. The van der Waals surface area contributed by atoms with Crippen molar-refractivity contribution in [2.45, 2.75) is 31.7 Å². The third-order valence-electron chi connectivity index (χ3n) is 4.66. The van der Waals surface area contributed by atoms with Crippen molar-refractivity contribution >= 4 is 17.6 Å². The Kier molecular flexibility index (Phi) is 3.72. The fraction of sp³-hybridized carbons (Fsp3) is 0.600. The van der Waals surface area contributed by atoms with Crippen LogP contribution >= 0.6 is 0 Å². The van der Waals surface area contributed by atoms with Crippen LogP contribution in [0.15, 0.2) is 18.5 Å². The molecule has 1 saturated heterocycles. The lowest BCUT2D eigenvalue weighted by atomic mass is 9.86. The number of nitrogens with zero attached hydrogens (tertiary/aromatic N) is 5. The van der Waals surface area contributed by atoms with Crippen LogP contribution in [0, 0.1) is 5.92 Å². The van der Waals surface area contributed by atoms with Crippen LogP contribution in [0.3, 0.4) is 0 Å². The summed E-state index contributed by atoms with van der Waals surface area (Å²) in [5.41, 5.74) is 0.724. The molecule has 1 aliphatic heterocycles. The zero-order valence-corrected chi connectivity index (χ0v) is 12.9. The molecule has 0 bridgehead atoms. The molecule has 3 heterocycles. The highest BCUT2D eigenvalue weighted by molar-refractivity contribution is 5.67. The predicted octanol–water partition coefficient (Wildman–Crippen LogP) is 1.23. The topological polar surface area (TPSA) is 84.7 Å². The zero-order valence-electron chi connectivity index (χ0n) is 12.9. The number of anilines is 1. The normalized spacial score (nSPS) is 21.4. The predicted molar refractivity (Wildman–Crippen MR) is 83.2 cm³/mol. The smallest absolute Gasteiger partial charge is 0.407 e. The van der Waals surface area contributed by atoms with Crippen molar-refractivity contribution in [3.05, 3.63) is 18.5 Å². The Morgan fingerprint density at radius 2 is 2.26 bits per heavy atom. The van der Waals surface area contributed by atoms with Gasteiger partial charge in [0.05, 0.1) is 12.6 Å². The van der Waals surface area contributed by atoms with E-state index in [4.69, 9.17) is 4.74 Å². The lowest BCUT2D eigenvalue weighted by molar-refractivity contribution is 0.102. The van der Waals surface area contributed by atoms with Gasteiger partial charge >= 0.3 is 6.09 Å². The number of hydrogen-bond donors (Lipinski definition) is 1. The number of carbonyl (C=O) groups is 1. The second-order valence-corrected chi connectivity index (χ2v) is 6.30. The molecule has 1 saturated carbocycles. The lowest BCUT2D eigenvalue weighted by Crippen LogP contribution is -2.38. The molecule has 1 atom stereocenters. The van der Waals surface area contributed by atoms with E-state index < -0.39 is 0 Å². The lowest BCUT2D eigenvalue weighted by Gasteiger charge is -2.25. The molecule has 8 heteroatoms. The maximum absolute atomic E-state index is 11.8. The second kappa shape index (κ2) is 6.02. The summed E-state index contributed by atoms with van der Waals surface area (Å²) >= 11 is 0. The number of nitrogens with one attached hydrogen (secondary N) is 1. The fourth-order valence-corrected chi connectivity index (χ4v) is 3.03. The molecule has 0 radical (unpaired) electrons. The van der Waals surface area contributed by atoms with Gasteiger partial charge in [0.1, 0.15) is 12.1 Å². The van der Waals surface area contributed by atoms with Crippen LogP contribution in [0.25, 0.3) is 5.65 Å². The van der Waals surface area contributed by atoms with E-state index in [-0.39, 0.29) is 12.1 Å². The molecule has 1 amide bonds. The number of alkyl carbamates (subject to hydrolysis) is 1.